The van der Waals surface area contributed by atoms with Gasteiger partial charge in [-0.15, -0.1) is 11.3 Å². The Morgan fingerprint density at radius 1 is 1.11 bits per heavy atom. The number of carbonyl (C=O) groups is 1. The van der Waals surface area contributed by atoms with Crippen LogP contribution < -0.4 is 4.90 Å². The predicted molar refractivity (Wildman–Crippen MR) is 113 cm³/mol. The zero-order valence-corrected chi connectivity index (χ0v) is 16.9. The van der Waals surface area contributed by atoms with E-state index in [2.05, 4.69) is 21.9 Å². The number of aromatic nitrogens is 3. The Kier molecular flexibility index (Phi) is 5.25. The number of amides is 1. The van der Waals surface area contributed by atoms with E-state index in [1.165, 1.54) is 0 Å². The summed E-state index contributed by atoms with van der Waals surface area (Å²) >= 11 is 1.63. The fraction of sp³-hybridized carbons (Fsp3) is 0.286. The molecule has 1 aliphatic rings. The van der Waals surface area contributed by atoms with Crippen LogP contribution in [0.4, 0.5) is 5.69 Å². The lowest BCUT2D eigenvalue weighted by molar-refractivity contribution is -0.126. The highest BCUT2D eigenvalue weighted by atomic mass is 32.1. The molecule has 0 radical (unpaired) electrons. The molecule has 0 unspecified atom stereocenters. The average molecular weight is 394 g/mol. The normalized spacial score (nSPS) is 14.8. The minimum absolute atomic E-state index is 0.0747. The summed E-state index contributed by atoms with van der Waals surface area (Å²) in [4.78, 5) is 22.2. The fourth-order valence-corrected chi connectivity index (χ4v) is 4.21. The monoisotopic (exact) mass is 393 g/mol. The SMILES string of the molecule is Cc1nn(-c2ccccn2)c(C)c1N1CCN(C(=O)/C=C/c2cccs2)CC1. The highest BCUT2D eigenvalue weighted by Gasteiger charge is 2.24. The summed E-state index contributed by atoms with van der Waals surface area (Å²) in [5.74, 6) is 0.896. The molecule has 4 heterocycles. The molecule has 28 heavy (non-hydrogen) atoms. The first-order chi connectivity index (χ1) is 13.6. The van der Waals surface area contributed by atoms with Crippen LogP contribution in [0.25, 0.3) is 11.9 Å². The molecule has 7 heteroatoms. The van der Waals surface area contributed by atoms with Crippen molar-refractivity contribution in [1.29, 1.82) is 0 Å². The zero-order valence-electron chi connectivity index (χ0n) is 16.1. The van der Waals surface area contributed by atoms with E-state index in [4.69, 9.17) is 0 Å². The number of carbonyl (C=O) groups excluding carboxylic acids is 1. The standard InChI is InChI=1S/C21H23N5OS/c1-16-21(17(2)26(23-16)19-7-3-4-10-22-19)25-13-11-24(12-14-25)20(27)9-8-18-6-5-15-28-18/h3-10,15H,11-14H2,1-2H3/b9-8+. The van der Waals surface area contributed by atoms with Gasteiger partial charge in [0, 0.05) is 43.3 Å². The van der Waals surface area contributed by atoms with Gasteiger partial charge in [-0.1, -0.05) is 12.1 Å². The van der Waals surface area contributed by atoms with E-state index in [-0.39, 0.29) is 5.91 Å². The Hall–Kier alpha value is -2.93. The van der Waals surface area contributed by atoms with Crippen molar-refractivity contribution < 1.29 is 4.79 Å². The number of piperazine rings is 1. The highest BCUT2D eigenvalue weighted by molar-refractivity contribution is 7.10. The molecular formula is C21H23N5OS. The predicted octanol–water partition coefficient (Wildman–Crippen LogP) is 3.31. The Labute approximate surface area is 168 Å². The fourth-order valence-electron chi connectivity index (χ4n) is 3.59. The molecule has 0 aromatic carbocycles. The number of hydrogen-bond acceptors (Lipinski definition) is 5. The van der Waals surface area contributed by atoms with Gasteiger partial charge in [0.25, 0.3) is 0 Å². The van der Waals surface area contributed by atoms with Gasteiger partial charge in [0.05, 0.1) is 17.1 Å². The maximum Gasteiger partial charge on any atom is 0.246 e. The van der Waals surface area contributed by atoms with Crippen molar-refractivity contribution in [1.82, 2.24) is 19.7 Å². The molecule has 3 aromatic rings. The van der Waals surface area contributed by atoms with Gasteiger partial charge in [0.1, 0.15) is 0 Å². The quantitative estimate of drug-likeness (QED) is 0.638. The molecule has 3 aromatic heterocycles. The molecule has 1 saturated heterocycles. The molecule has 0 saturated carbocycles. The van der Waals surface area contributed by atoms with E-state index >= 15 is 0 Å². The average Bonchev–Trinajstić information content (AvgIpc) is 3.35. The molecule has 0 spiro atoms. The summed E-state index contributed by atoms with van der Waals surface area (Å²) in [5, 5.41) is 6.70. The Morgan fingerprint density at radius 3 is 2.61 bits per heavy atom. The Balaban J connectivity index is 1.44. The van der Waals surface area contributed by atoms with Gasteiger partial charge >= 0.3 is 0 Å². The summed E-state index contributed by atoms with van der Waals surface area (Å²) in [6, 6.07) is 9.83. The number of pyridine rings is 1. The first-order valence-electron chi connectivity index (χ1n) is 9.36. The van der Waals surface area contributed by atoms with Crippen LogP contribution in [0.2, 0.25) is 0 Å². The topological polar surface area (TPSA) is 54.3 Å². The lowest BCUT2D eigenvalue weighted by atomic mass is 10.2. The van der Waals surface area contributed by atoms with Gasteiger partial charge in [-0.2, -0.15) is 5.10 Å². The van der Waals surface area contributed by atoms with Crippen molar-refractivity contribution in [3.05, 3.63) is 64.2 Å². The van der Waals surface area contributed by atoms with Crippen LogP contribution in [0.3, 0.4) is 0 Å². The molecule has 0 N–H and O–H groups in total. The molecule has 0 aliphatic carbocycles. The molecular weight excluding hydrogens is 370 g/mol. The molecule has 6 nitrogen and oxygen atoms in total. The van der Waals surface area contributed by atoms with Crippen molar-refractivity contribution in [2.24, 2.45) is 0 Å². The van der Waals surface area contributed by atoms with Crippen molar-refractivity contribution in [2.45, 2.75) is 13.8 Å². The van der Waals surface area contributed by atoms with Crippen molar-refractivity contribution in [3.8, 4) is 5.82 Å². The number of rotatable bonds is 4. The van der Waals surface area contributed by atoms with Crippen molar-refractivity contribution in [2.75, 3.05) is 31.1 Å². The van der Waals surface area contributed by atoms with E-state index in [0.717, 1.165) is 40.9 Å². The molecule has 1 fully saturated rings. The Morgan fingerprint density at radius 2 is 1.93 bits per heavy atom. The van der Waals surface area contributed by atoms with Crippen molar-refractivity contribution in [3.63, 3.8) is 0 Å². The number of thiophene rings is 1. The summed E-state index contributed by atoms with van der Waals surface area (Å²) < 4.78 is 1.89. The van der Waals surface area contributed by atoms with E-state index in [1.807, 2.05) is 58.3 Å². The third kappa shape index (κ3) is 3.71. The third-order valence-corrected chi connectivity index (χ3v) is 5.80. The van der Waals surface area contributed by atoms with Crippen molar-refractivity contribution >= 4 is 29.0 Å². The second kappa shape index (κ2) is 7.98. The molecule has 0 atom stereocenters. The van der Waals surface area contributed by atoms with Gasteiger partial charge in [0.2, 0.25) is 5.91 Å². The van der Waals surface area contributed by atoms with Gasteiger partial charge in [-0.25, -0.2) is 9.67 Å². The van der Waals surface area contributed by atoms with Crippen LogP contribution in [0.1, 0.15) is 16.3 Å². The number of hydrogen-bond donors (Lipinski definition) is 0. The lowest BCUT2D eigenvalue weighted by Crippen LogP contribution is -2.48. The minimum Gasteiger partial charge on any atom is -0.365 e. The zero-order chi connectivity index (χ0) is 19.5. The summed E-state index contributed by atoms with van der Waals surface area (Å²) in [5.41, 5.74) is 3.21. The van der Waals surface area contributed by atoms with Gasteiger partial charge < -0.3 is 9.80 Å². The van der Waals surface area contributed by atoms with E-state index in [9.17, 15) is 4.79 Å². The Bertz CT molecular complexity index is 970. The molecule has 1 amide bonds. The van der Waals surface area contributed by atoms with Gasteiger partial charge in [-0.05, 0) is 43.5 Å². The highest BCUT2D eigenvalue weighted by Crippen LogP contribution is 2.27. The number of aryl methyl sites for hydroxylation is 1. The van der Waals surface area contributed by atoms with Crippen LogP contribution >= 0.6 is 11.3 Å². The van der Waals surface area contributed by atoms with E-state index in [1.54, 1.807) is 23.6 Å². The summed E-state index contributed by atoms with van der Waals surface area (Å²) in [6.45, 7) is 7.12. The van der Waals surface area contributed by atoms with Crippen LogP contribution in [0.15, 0.2) is 48.0 Å². The van der Waals surface area contributed by atoms with Crippen LogP contribution in [0, 0.1) is 13.8 Å². The first-order valence-corrected chi connectivity index (χ1v) is 10.2. The molecule has 4 rings (SSSR count). The second-order valence-corrected chi connectivity index (χ2v) is 7.76. The van der Waals surface area contributed by atoms with Gasteiger partial charge in [0.15, 0.2) is 5.82 Å². The number of nitrogens with zero attached hydrogens (tertiary/aromatic N) is 5. The van der Waals surface area contributed by atoms with E-state index in [0.29, 0.717) is 13.1 Å². The third-order valence-electron chi connectivity index (χ3n) is 4.96. The van der Waals surface area contributed by atoms with Crippen LogP contribution in [-0.4, -0.2) is 51.8 Å². The maximum atomic E-state index is 12.5. The van der Waals surface area contributed by atoms with Crippen LogP contribution in [0.5, 0.6) is 0 Å². The molecule has 144 valence electrons. The maximum absolute atomic E-state index is 12.5. The summed E-state index contributed by atoms with van der Waals surface area (Å²) in [7, 11) is 0. The molecule has 1 aliphatic heterocycles. The largest absolute Gasteiger partial charge is 0.365 e. The first kappa shape index (κ1) is 18.4. The van der Waals surface area contributed by atoms with Crippen LogP contribution in [-0.2, 0) is 4.79 Å². The van der Waals surface area contributed by atoms with Gasteiger partial charge in [-0.3, -0.25) is 4.79 Å². The van der Waals surface area contributed by atoms with E-state index < -0.39 is 0 Å². The minimum atomic E-state index is 0.0747. The lowest BCUT2D eigenvalue weighted by Gasteiger charge is -2.35. The smallest absolute Gasteiger partial charge is 0.246 e. The number of anilines is 1. The molecule has 0 bridgehead atoms. The summed E-state index contributed by atoms with van der Waals surface area (Å²) in [6.07, 6.45) is 5.35. The second-order valence-electron chi connectivity index (χ2n) is 6.78.